The second kappa shape index (κ2) is 9.45. The lowest BCUT2D eigenvalue weighted by atomic mass is 10.1. The number of hydrogen-bond donors (Lipinski definition) is 0. The Bertz CT molecular complexity index is 1110. The molecule has 1 amide bonds. The van der Waals surface area contributed by atoms with E-state index in [1.807, 2.05) is 41.3 Å². The van der Waals surface area contributed by atoms with Crippen molar-refractivity contribution < 1.29 is 13.2 Å². The summed E-state index contributed by atoms with van der Waals surface area (Å²) < 4.78 is 24.6. The number of benzene rings is 2. The summed E-state index contributed by atoms with van der Waals surface area (Å²) in [5.74, 6) is -0.0735. The first kappa shape index (κ1) is 23.1. The molecule has 0 N–H and O–H groups in total. The van der Waals surface area contributed by atoms with E-state index in [0.29, 0.717) is 10.2 Å². The minimum absolute atomic E-state index is 0.0762. The number of carbonyl (C=O) groups is 1. The number of sulfone groups is 1. The summed E-state index contributed by atoms with van der Waals surface area (Å²) in [7, 11) is -3.10. The Hall–Kier alpha value is -2.03. The molecule has 2 saturated heterocycles. The second-order valence-electron chi connectivity index (χ2n) is 7.95. The molecule has 2 aromatic rings. The van der Waals surface area contributed by atoms with Crippen LogP contribution >= 0.6 is 23.4 Å². The molecule has 2 heterocycles. The third kappa shape index (κ3) is 4.97. The van der Waals surface area contributed by atoms with E-state index in [0.717, 1.165) is 30.0 Å². The maximum absolute atomic E-state index is 12.7. The molecule has 32 heavy (non-hydrogen) atoms. The van der Waals surface area contributed by atoms with Crippen molar-refractivity contribution in [2.75, 3.05) is 34.4 Å². The van der Waals surface area contributed by atoms with Crippen molar-refractivity contribution in [1.29, 1.82) is 0 Å². The van der Waals surface area contributed by atoms with Crippen LogP contribution in [0.3, 0.4) is 0 Å². The van der Waals surface area contributed by atoms with Crippen molar-refractivity contribution in [2.45, 2.75) is 31.6 Å². The molecular weight excluding hydrogens is 466 g/mol. The molecule has 170 valence electrons. The lowest BCUT2D eigenvalue weighted by Crippen LogP contribution is -2.37. The van der Waals surface area contributed by atoms with Gasteiger partial charge in [-0.1, -0.05) is 35.5 Å². The Kier molecular flexibility index (Phi) is 6.83. The SMILES string of the molecule is CCN(CC)c1ccc(N2C(=NC(=O)Cc3ccc(Cl)cc3)S[C@@H]3CS(=O)(=O)C[C@@H]32)cc1. The van der Waals surface area contributed by atoms with E-state index in [2.05, 4.69) is 23.7 Å². The summed E-state index contributed by atoms with van der Waals surface area (Å²) in [5.41, 5.74) is 2.80. The molecule has 2 aliphatic heterocycles. The van der Waals surface area contributed by atoms with Crippen LogP contribution in [0.1, 0.15) is 19.4 Å². The first-order valence-electron chi connectivity index (χ1n) is 10.7. The van der Waals surface area contributed by atoms with E-state index in [-0.39, 0.29) is 35.1 Å². The minimum atomic E-state index is -3.10. The number of aliphatic imine (C=N–C) groups is 1. The number of fused-ring (bicyclic) bond motifs is 1. The van der Waals surface area contributed by atoms with Gasteiger partial charge in [0.05, 0.1) is 24.0 Å². The van der Waals surface area contributed by atoms with Gasteiger partial charge < -0.3 is 9.80 Å². The topological polar surface area (TPSA) is 70.0 Å². The fourth-order valence-electron chi connectivity index (χ4n) is 4.20. The number of thioether (sulfide) groups is 1. The van der Waals surface area contributed by atoms with Crippen LogP contribution in [0.15, 0.2) is 53.5 Å². The smallest absolute Gasteiger partial charge is 0.252 e. The molecule has 0 unspecified atom stereocenters. The van der Waals surface area contributed by atoms with Crippen LogP contribution < -0.4 is 9.80 Å². The van der Waals surface area contributed by atoms with E-state index >= 15 is 0 Å². The van der Waals surface area contributed by atoms with Crippen molar-refractivity contribution in [3.63, 3.8) is 0 Å². The summed E-state index contributed by atoms with van der Waals surface area (Å²) in [6.07, 6.45) is 0.170. The molecule has 0 aromatic heterocycles. The van der Waals surface area contributed by atoms with Gasteiger partial charge in [0.1, 0.15) is 0 Å². The molecular formula is C23H26ClN3O3S2. The molecule has 4 rings (SSSR count). The highest BCUT2D eigenvalue weighted by Crippen LogP contribution is 2.41. The fraction of sp³-hybridized carbons (Fsp3) is 0.391. The standard InChI is InChI=1S/C23H26ClN3O3S2/c1-3-26(4-2)18-9-11-19(12-10-18)27-20-14-32(29,30)15-21(20)31-23(27)25-22(28)13-16-5-7-17(24)8-6-16/h5-12,20-21H,3-4,13-15H2,1-2H3/t20-,21+/m0/s1. The van der Waals surface area contributed by atoms with E-state index < -0.39 is 9.84 Å². The van der Waals surface area contributed by atoms with Gasteiger partial charge in [-0.3, -0.25) is 4.79 Å². The number of carbonyl (C=O) groups excluding carboxylic acids is 1. The fourth-order valence-corrected chi connectivity index (χ4v) is 8.26. The molecule has 0 aliphatic carbocycles. The van der Waals surface area contributed by atoms with E-state index in [1.54, 1.807) is 12.1 Å². The lowest BCUT2D eigenvalue weighted by molar-refractivity contribution is -0.117. The summed E-state index contributed by atoms with van der Waals surface area (Å²) in [4.78, 5) is 21.3. The molecule has 2 aromatic carbocycles. The summed E-state index contributed by atoms with van der Waals surface area (Å²) in [6.45, 7) is 6.04. The highest BCUT2D eigenvalue weighted by Gasteiger charge is 2.49. The number of amidine groups is 1. The predicted octanol–water partition coefficient (Wildman–Crippen LogP) is 4.03. The molecule has 2 fully saturated rings. The van der Waals surface area contributed by atoms with Crippen LogP contribution in [-0.2, 0) is 21.1 Å². The molecule has 2 aliphatic rings. The molecule has 2 atom stereocenters. The third-order valence-electron chi connectivity index (χ3n) is 5.81. The van der Waals surface area contributed by atoms with E-state index in [9.17, 15) is 13.2 Å². The first-order valence-corrected chi connectivity index (χ1v) is 13.7. The van der Waals surface area contributed by atoms with Gasteiger partial charge >= 0.3 is 0 Å². The maximum atomic E-state index is 12.7. The second-order valence-corrected chi connectivity index (χ2v) is 11.7. The predicted molar refractivity (Wildman–Crippen MR) is 134 cm³/mol. The van der Waals surface area contributed by atoms with Crippen LogP contribution in [-0.4, -0.2) is 55.4 Å². The van der Waals surface area contributed by atoms with Crippen LogP contribution in [0, 0.1) is 0 Å². The largest absolute Gasteiger partial charge is 0.372 e. The summed E-state index contributed by atoms with van der Waals surface area (Å²) in [5, 5.41) is 1.07. The average molecular weight is 492 g/mol. The van der Waals surface area contributed by atoms with Crippen molar-refractivity contribution in [3.8, 4) is 0 Å². The van der Waals surface area contributed by atoms with E-state index in [4.69, 9.17) is 11.6 Å². The Morgan fingerprint density at radius 3 is 2.38 bits per heavy atom. The number of amides is 1. The van der Waals surface area contributed by atoms with Crippen LogP contribution in [0.4, 0.5) is 11.4 Å². The Balaban J connectivity index is 1.62. The van der Waals surface area contributed by atoms with Crippen molar-refractivity contribution >= 4 is 55.6 Å². The van der Waals surface area contributed by atoms with E-state index in [1.165, 1.54) is 11.8 Å². The molecule has 6 nitrogen and oxygen atoms in total. The van der Waals surface area contributed by atoms with Crippen molar-refractivity contribution in [1.82, 2.24) is 0 Å². The monoisotopic (exact) mass is 491 g/mol. The zero-order chi connectivity index (χ0) is 22.9. The molecule has 0 saturated carbocycles. The van der Waals surface area contributed by atoms with Crippen LogP contribution in [0.2, 0.25) is 5.02 Å². The number of anilines is 2. The van der Waals surface area contributed by atoms with Crippen LogP contribution in [0.5, 0.6) is 0 Å². The van der Waals surface area contributed by atoms with Gasteiger partial charge in [-0.15, -0.1) is 0 Å². The van der Waals surface area contributed by atoms with Gasteiger partial charge in [0, 0.05) is 34.7 Å². The van der Waals surface area contributed by atoms with Gasteiger partial charge in [-0.2, -0.15) is 4.99 Å². The molecule has 0 bridgehead atoms. The molecule has 0 radical (unpaired) electrons. The van der Waals surface area contributed by atoms with Gasteiger partial charge in [-0.05, 0) is 55.8 Å². The average Bonchev–Trinajstić information content (AvgIpc) is 3.22. The number of hydrogen-bond acceptors (Lipinski definition) is 5. The Morgan fingerprint density at radius 2 is 1.75 bits per heavy atom. The zero-order valence-corrected chi connectivity index (χ0v) is 20.5. The minimum Gasteiger partial charge on any atom is -0.372 e. The normalized spacial score (nSPS) is 22.8. The quantitative estimate of drug-likeness (QED) is 0.607. The molecule has 0 spiro atoms. The maximum Gasteiger partial charge on any atom is 0.252 e. The van der Waals surface area contributed by atoms with Gasteiger partial charge in [0.25, 0.3) is 5.91 Å². The van der Waals surface area contributed by atoms with Gasteiger partial charge in [0.15, 0.2) is 15.0 Å². The summed E-state index contributed by atoms with van der Waals surface area (Å²) in [6, 6.07) is 15.0. The van der Waals surface area contributed by atoms with Gasteiger partial charge in [0.2, 0.25) is 0 Å². The van der Waals surface area contributed by atoms with Crippen molar-refractivity contribution in [3.05, 3.63) is 59.1 Å². The Labute approximate surface area is 198 Å². The highest BCUT2D eigenvalue weighted by atomic mass is 35.5. The zero-order valence-electron chi connectivity index (χ0n) is 18.1. The number of halogens is 1. The molecule has 9 heteroatoms. The van der Waals surface area contributed by atoms with Crippen LogP contribution in [0.25, 0.3) is 0 Å². The number of rotatable bonds is 6. The Morgan fingerprint density at radius 1 is 1.09 bits per heavy atom. The van der Waals surface area contributed by atoms with Crippen molar-refractivity contribution in [2.24, 2.45) is 4.99 Å². The number of nitrogens with zero attached hydrogens (tertiary/aromatic N) is 3. The first-order chi connectivity index (χ1) is 15.3. The highest BCUT2D eigenvalue weighted by molar-refractivity contribution is 8.16. The lowest BCUT2D eigenvalue weighted by Gasteiger charge is -2.26. The third-order valence-corrected chi connectivity index (χ3v) is 9.27. The summed E-state index contributed by atoms with van der Waals surface area (Å²) >= 11 is 7.32. The van der Waals surface area contributed by atoms with Gasteiger partial charge in [-0.25, -0.2) is 8.42 Å².